The first-order valence-electron chi connectivity index (χ1n) is 6.14. The highest BCUT2D eigenvalue weighted by Gasteiger charge is 2.21. The highest BCUT2D eigenvalue weighted by Crippen LogP contribution is 2.14. The quantitative estimate of drug-likeness (QED) is 0.878. The molecule has 0 bridgehead atoms. The van der Waals surface area contributed by atoms with Gasteiger partial charge in [0.05, 0.1) is 6.10 Å². The standard InChI is InChI=1S/C13H16N2O4/c1-15(8-10-3-2-6-19-10)12(16)9-4-5-14-11(7-9)13(17)18/h4-5,7,10H,2-3,6,8H2,1H3,(H,17,18). The van der Waals surface area contributed by atoms with Crippen molar-refractivity contribution in [2.45, 2.75) is 18.9 Å². The maximum Gasteiger partial charge on any atom is 0.354 e. The van der Waals surface area contributed by atoms with Gasteiger partial charge in [-0.15, -0.1) is 0 Å². The molecule has 6 heteroatoms. The minimum Gasteiger partial charge on any atom is -0.477 e. The lowest BCUT2D eigenvalue weighted by molar-refractivity contribution is 0.0587. The molecule has 1 atom stereocenters. The predicted octanol–water partition coefficient (Wildman–Crippen LogP) is 1.03. The second-order valence-electron chi connectivity index (χ2n) is 4.56. The van der Waals surface area contributed by atoms with E-state index >= 15 is 0 Å². The fraction of sp³-hybridized carbons (Fsp3) is 0.462. The Hall–Kier alpha value is -1.95. The maximum atomic E-state index is 12.2. The number of aromatic nitrogens is 1. The summed E-state index contributed by atoms with van der Waals surface area (Å²) in [6.07, 6.45) is 3.38. The van der Waals surface area contributed by atoms with Gasteiger partial charge in [0.2, 0.25) is 0 Å². The van der Waals surface area contributed by atoms with Gasteiger partial charge < -0.3 is 14.7 Å². The van der Waals surface area contributed by atoms with E-state index in [-0.39, 0.29) is 17.7 Å². The van der Waals surface area contributed by atoms with E-state index in [2.05, 4.69) is 4.98 Å². The molecular formula is C13H16N2O4. The molecule has 0 aliphatic carbocycles. The molecule has 1 fully saturated rings. The van der Waals surface area contributed by atoms with Crippen molar-refractivity contribution in [3.8, 4) is 0 Å². The van der Waals surface area contributed by atoms with Crippen molar-refractivity contribution in [3.05, 3.63) is 29.6 Å². The summed E-state index contributed by atoms with van der Waals surface area (Å²) in [6.45, 7) is 1.26. The van der Waals surface area contributed by atoms with Crippen molar-refractivity contribution in [1.82, 2.24) is 9.88 Å². The molecule has 0 spiro atoms. The molecule has 2 rings (SSSR count). The highest BCUT2D eigenvalue weighted by molar-refractivity contribution is 5.96. The predicted molar refractivity (Wildman–Crippen MR) is 67.1 cm³/mol. The van der Waals surface area contributed by atoms with Crippen LogP contribution >= 0.6 is 0 Å². The molecule has 2 heterocycles. The molecule has 6 nitrogen and oxygen atoms in total. The van der Waals surface area contributed by atoms with Crippen LogP contribution in [0.25, 0.3) is 0 Å². The van der Waals surface area contributed by atoms with E-state index in [0.29, 0.717) is 12.1 Å². The number of amides is 1. The number of nitrogens with zero attached hydrogens (tertiary/aromatic N) is 2. The Bertz CT molecular complexity index is 483. The van der Waals surface area contributed by atoms with Crippen molar-refractivity contribution >= 4 is 11.9 Å². The average Bonchev–Trinajstić information content (AvgIpc) is 2.90. The van der Waals surface area contributed by atoms with Gasteiger partial charge in [-0.1, -0.05) is 0 Å². The van der Waals surface area contributed by atoms with E-state index in [4.69, 9.17) is 9.84 Å². The molecule has 1 aliphatic heterocycles. The van der Waals surface area contributed by atoms with Crippen LogP contribution in [0, 0.1) is 0 Å². The van der Waals surface area contributed by atoms with Gasteiger partial charge in [-0.05, 0) is 25.0 Å². The number of carbonyl (C=O) groups is 2. The van der Waals surface area contributed by atoms with Gasteiger partial charge in [-0.3, -0.25) is 4.79 Å². The number of hydrogen-bond acceptors (Lipinski definition) is 4. The van der Waals surface area contributed by atoms with Crippen LogP contribution in [0.1, 0.15) is 33.7 Å². The number of aromatic carboxylic acids is 1. The average molecular weight is 264 g/mol. The smallest absolute Gasteiger partial charge is 0.354 e. The molecule has 1 amide bonds. The van der Waals surface area contributed by atoms with E-state index in [1.165, 1.54) is 18.3 Å². The Labute approximate surface area is 111 Å². The lowest BCUT2D eigenvalue weighted by atomic mass is 10.2. The number of pyridine rings is 1. The molecule has 0 saturated carbocycles. The zero-order valence-corrected chi connectivity index (χ0v) is 10.7. The Balaban J connectivity index is 2.05. The molecule has 19 heavy (non-hydrogen) atoms. The molecule has 1 unspecified atom stereocenters. The molecule has 1 aromatic rings. The summed E-state index contributed by atoms with van der Waals surface area (Å²) in [5.74, 6) is -1.36. The number of carbonyl (C=O) groups excluding carboxylic acids is 1. The summed E-state index contributed by atoms with van der Waals surface area (Å²) in [5, 5.41) is 8.85. The topological polar surface area (TPSA) is 79.7 Å². The van der Waals surface area contributed by atoms with Gasteiger partial charge >= 0.3 is 5.97 Å². The Kier molecular flexibility index (Phi) is 4.11. The summed E-state index contributed by atoms with van der Waals surface area (Å²) in [6, 6.07) is 2.80. The van der Waals surface area contributed by atoms with E-state index in [1.54, 1.807) is 11.9 Å². The molecule has 102 valence electrons. The highest BCUT2D eigenvalue weighted by atomic mass is 16.5. The lowest BCUT2D eigenvalue weighted by Gasteiger charge is -2.20. The first kappa shape index (κ1) is 13.5. The number of carboxylic acids is 1. The van der Waals surface area contributed by atoms with Crippen LogP contribution < -0.4 is 0 Å². The minimum atomic E-state index is -1.14. The van der Waals surface area contributed by atoms with Gasteiger partial charge in [0.25, 0.3) is 5.91 Å². The minimum absolute atomic E-state index is 0.0785. The van der Waals surface area contributed by atoms with Crippen molar-refractivity contribution < 1.29 is 19.4 Å². The molecule has 0 radical (unpaired) electrons. The van der Waals surface area contributed by atoms with Crippen LogP contribution in [0.5, 0.6) is 0 Å². The number of rotatable bonds is 4. The van der Waals surface area contributed by atoms with E-state index in [1.807, 2.05) is 0 Å². The summed E-state index contributed by atoms with van der Waals surface area (Å²) >= 11 is 0. The Morgan fingerprint density at radius 1 is 1.58 bits per heavy atom. The van der Waals surface area contributed by atoms with Crippen LogP contribution in [0.3, 0.4) is 0 Å². The summed E-state index contributed by atoms with van der Waals surface area (Å²) in [7, 11) is 1.69. The van der Waals surface area contributed by atoms with Crippen LogP contribution in [0.2, 0.25) is 0 Å². The number of hydrogen-bond donors (Lipinski definition) is 1. The van der Waals surface area contributed by atoms with Crippen LogP contribution in [0.4, 0.5) is 0 Å². The normalized spacial score (nSPS) is 18.3. The SMILES string of the molecule is CN(CC1CCCO1)C(=O)c1ccnc(C(=O)O)c1. The van der Waals surface area contributed by atoms with Crippen molar-refractivity contribution in [3.63, 3.8) is 0 Å². The van der Waals surface area contributed by atoms with Crippen LogP contribution in [0.15, 0.2) is 18.3 Å². The zero-order chi connectivity index (χ0) is 13.8. The van der Waals surface area contributed by atoms with Gasteiger partial charge in [-0.2, -0.15) is 0 Å². The second kappa shape index (κ2) is 5.79. The number of carboxylic acid groups (broad SMARTS) is 1. The molecule has 0 aromatic carbocycles. The fourth-order valence-corrected chi connectivity index (χ4v) is 2.08. The maximum absolute atomic E-state index is 12.2. The van der Waals surface area contributed by atoms with Crippen molar-refractivity contribution in [2.24, 2.45) is 0 Å². The Morgan fingerprint density at radius 2 is 2.37 bits per heavy atom. The van der Waals surface area contributed by atoms with Gasteiger partial charge in [0.15, 0.2) is 0 Å². The largest absolute Gasteiger partial charge is 0.477 e. The third-order valence-corrected chi connectivity index (χ3v) is 3.07. The number of ether oxygens (including phenoxy) is 1. The first-order valence-corrected chi connectivity index (χ1v) is 6.14. The number of likely N-dealkylation sites (N-methyl/N-ethyl adjacent to an activating group) is 1. The van der Waals surface area contributed by atoms with Crippen LogP contribution in [-0.4, -0.2) is 53.2 Å². The summed E-state index contributed by atoms with van der Waals surface area (Å²) < 4.78 is 5.47. The third kappa shape index (κ3) is 3.29. The molecule has 1 N–H and O–H groups in total. The summed E-state index contributed by atoms with van der Waals surface area (Å²) in [4.78, 5) is 28.2. The third-order valence-electron chi connectivity index (χ3n) is 3.07. The second-order valence-corrected chi connectivity index (χ2v) is 4.56. The Morgan fingerprint density at radius 3 is 3.00 bits per heavy atom. The van der Waals surface area contributed by atoms with Gasteiger partial charge in [-0.25, -0.2) is 9.78 Å². The van der Waals surface area contributed by atoms with Crippen LogP contribution in [-0.2, 0) is 4.74 Å². The molecule has 1 aliphatic rings. The zero-order valence-electron chi connectivity index (χ0n) is 10.7. The lowest BCUT2D eigenvalue weighted by Crippen LogP contribution is -2.34. The van der Waals surface area contributed by atoms with Gasteiger partial charge in [0, 0.05) is 32.0 Å². The molecule has 1 saturated heterocycles. The van der Waals surface area contributed by atoms with E-state index in [0.717, 1.165) is 19.4 Å². The van der Waals surface area contributed by atoms with E-state index < -0.39 is 5.97 Å². The van der Waals surface area contributed by atoms with Crippen molar-refractivity contribution in [2.75, 3.05) is 20.2 Å². The fourth-order valence-electron chi connectivity index (χ4n) is 2.08. The van der Waals surface area contributed by atoms with Crippen molar-refractivity contribution in [1.29, 1.82) is 0 Å². The van der Waals surface area contributed by atoms with E-state index in [9.17, 15) is 9.59 Å². The molecule has 1 aromatic heterocycles. The summed E-state index contributed by atoms with van der Waals surface area (Å²) in [5.41, 5.74) is 0.198. The molecular weight excluding hydrogens is 248 g/mol. The van der Waals surface area contributed by atoms with Gasteiger partial charge in [0.1, 0.15) is 5.69 Å². The monoisotopic (exact) mass is 264 g/mol. The first-order chi connectivity index (χ1) is 9.08.